The summed E-state index contributed by atoms with van der Waals surface area (Å²) in [5, 5.41) is 9.57. The zero-order valence-corrected chi connectivity index (χ0v) is 11.2. The summed E-state index contributed by atoms with van der Waals surface area (Å²) in [5.74, 6) is 0.848. The van der Waals surface area contributed by atoms with Gasteiger partial charge in [0, 0.05) is 25.6 Å². The predicted octanol–water partition coefficient (Wildman–Crippen LogP) is 1.27. The summed E-state index contributed by atoms with van der Waals surface area (Å²) >= 11 is 0. The maximum atomic E-state index is 12.1. The number of carbonyl (C=O) groups excluding carboxylic acids is 1. The molecule has 18 heavy (non-hydrogen) atoms. The fraction of sp³-hybridized carbons (Fsp3) is 0.929. The van der Waals surface area contributed by atoms with E-state index in [1.165, 1.54) is 12.8 Å². The Balaban J connectivity index is 1.70. The molecule has 1 saturated carbocycles. The first-order valence-electron chi connectivity index (χ1n) is 7.36. The molecule has 1 aliphatic carbocycles. The van der Waals surface area contributed by atoms with E-state index in [-0.39, 0.29) is 12.0 Å². The maximum Gasteiger partial charge on any atom is 0.222 e. The standard InChI is InChI=1S/C14H26N2O2/c15-12-4-1-3-11(9-12)6-7-14(18)16-8-2-5-13(17)10-16/h11-13,17H,1-10,15H2. The summed E-state index contributed by atoms with van der Waals surface area (Å²) in [7, 11) is 0. The van der Waals surface area contributed by atoms with Gasteiger partial charge in [-0.3, -0.25) is 4.79 Å². The maximum absolute atomic E-state index is 12.1. The molecule has 2 aliphatic rings. The van der Waals surface area contributed by atoms with Crippen LogP contribution in [0, 0.1) is 5.92 Å². The van der Waals surface area contributed by atoms with E-state index in [1.54, 1.807) is 0 Å². The third-order valence-corrected chi connectivity index (χ3v) is 4.34. The second kappa shape index (κ2) is 6.53. The zero-order valence-electron chi connectivity index (χ0n) is 11.2. The fourth-order valence-electron chi connectivity index (χ4n) is 3.26. The van der Waals surface area contributed by atoms with E-state index in [0.29, 0.717) is 24.9 Å². The molecule has 1 amide bonds. The molecular formula is C14H26N2O2. The van der Waals surface area contributed by atoms with Gasteiger partial charge in [-0.25, -0.2) is 0 Å². The van der Waals surface area contributed by atoms with Crippen LogP contribution in [0.3, 0.4) is 0 Å². The lowest BCUT2D eigenvalue weighted by molar-refractivity contribution is -0.134. The van der Waals surface area contributed by atoms with Crippen LogP contribution in [0.2, 0.25) is 0 Å². The first-order chi connectivity index (χ1) is 8.65. The summed E-state index contributed by atoms with van der Waals surface area (Å²) in [4.78, 5) is 13.9. The zero-order chi connectivity index (χ0) is 13.0. The smallest absolute Gasteiger partial charge is 0.222 e. The van der Waals surface area contributed by atoms with Gasteiger partial charge in [-0.2, -0.15) is 0 Å². The van der Waals surface area contributed by atoms with Gasteiger partial charge in [0.1, 0.15) is 0 Å². The van der Waals surface area contributed by atoms with E-state index >= 15 is 0 Å². The minimum atomic E-state index is -0.314. The number of hydrogen-bond donors (Lipinski definition) is 2. The van der Waals surface area contributed by atoms with Crippen LogP contribution in [-0.4, -0.2) is 41.1 Å². The molecule has 4 heteroatoms. The van der Waals surface area contributed by atoms with Gasteiger partial charge in [-0.05, 0) is 38.0 Å². The molecule has 104 valence electrons. The average molecular weight is 254 g/mol. The van der Waals surface area contributed by atoms with Crippen LogP contribution < -0.4 is 5.73 Å². The lowest BCUT2D eigenvalue weighted by Gasteiger charge is -2.31. The van der Waals surface area contributed by atoms with Crippen molar-refractivity contribution in [2.45, 2.75) is 63.5 Å². The number of nitrogens with zero attached hydrogens (tertiary/aromatic N) is 1. The number of piperidine rings is 1. The monoisotopic (exact) mass is 254 g/mol. The summed E-state index contributed by atoms with van der Waals surface area (Å²) in [6, 6.07) is 0.343. The Morgan fingerprint density at radius 1 is 1.28 bits per heavy atom. The van der Waals surface area contributed by atoms with Crippen LogP contribution in [0.1, 0.15) is 51.4 Å². The van der Waals surface area contributed by atoms with Crippen molar-refractivity contribution in [1.82, 2.24) is 4.90 Å². The molecule has 2 fully saturated rings. The van der Waals surface area contributed by atoms with E-state index in [4.69, 9.17) is 5.73 Å². The van der Waals surface area contributed by atoms with Crippen LogP contribution >= 0.6 is 0 Å². The van der Waals surface area contributed by atoms with Crippen molar-refractivity contribution in [2.24, 2.45) is 11.7 Å². The highest BCUT2D eigenvalue weighted by Crippen LogP contribution is 2.27. The Morgan fingerprint density at radius 2 is 2.11 bits per heavy atom. The van der Waals surface area contributed by atoms with Crippen molar-refractivity contribution in [1.29, 1.82) is 0 Å². The number of nitrogens with two attached hydrogens (primary N) is 1. The summed E-state index contributed by atoms with van der Waals surface area (Å²) in [6.07, 6.45) is 7.71. The Hall–Kier alpha value is -0.610. The van der Waals surface area contributed by atoms with Crippen LogP contribution in [0.15, 0.2) is 0 Å². The molecule has 0 bridgehead atoms. The molecule has 3 atom stereocenters. The topological polar surface area (TPSA) is 66.6 Å². The Kier molecular flexibility index (Phi) is 5.01. The number of carbonyl (C=O) groups is 1. The van der Waals surface area contributed by atoms with Crippen molar-refractivity contribution in [3.05, 3.63) is 0 Å². The molecule has 2 rings (SSSR count). The molecule has 0 aromatic heterocycles. The number of aliphatic hydroxyl groups is 1. The van der Waals surface area contributed by atoms with Crippen LogP contribution in [-0.2, 0) is 4.79 Å². The van der Waals surface area contributed by atoms with E-state index in [1.807, 2.05) is 4.90 Å². The second-order valence-corrected chi connectivity index (χ2v) is 5.97. The quantitative estimate of drug-likeness (QED) is 0.797. The third-order valence-electron chi connectivity index (χ3n) is 4.34. The second-order valence-electron chi connectivity index (χ2n) is 5.97. The van der Waals surface area contributed by atoms with Crippen LogP contribution in [0.4, 0.5) is 0 Å². The number of amides is 1. The Labute approximate surface area is 110 Å². The average Bonchev–Trinajstić information content (AvgIpc) is 2.36. The van der Waals surface area contributed by atoms with Crippen molar-refractivity contribution in [3.8, 4) is 0 Å². The number of aliphatic hydroxyl groups excluding tert-OH is 1. The van der Waals surface area contributed by atoms with Crippen molar-refractivity contribution >= 4 is 5.91 Å². The number of rotatable bonds is 3. The molecule has 0 aromatic rings. The largest absolute Gasteiger partial charge is 0.391 e. The van der Waals surface area contributed by atoms with E-state index in [0.717, 1.165) is 38.6 Å². The third kappa shape index (κ3) is 3.95. The van der Waals surface area contributed by atoms with Gasteiger partial charge in [0.05, 0.1) is 6.10 Å². The van der Waals surface area contributed by atoms with E-state index in [2.05, 4.69) is 0 Å². The van der Waals surface area contributed by atoms with E-state index in [9.17, 15) is 9.90 Å². The van der Waals surface area contributed by atoms with Crippen molar-refractivity contribution in [2.75, 3.05) is 13.1 Å². The minimum Gasteiger partial charge on any atom is -0.391 e. The molecule has 3 unspecified atom stereocenters. The molecule has 0 aromatic carbocycles. The van der Waals surface area contributed by atoms with Crippen LogP contribution in [0.25, 0.3) is 0 Å². The van der Waals surface area contributed by atoms with Crippen LogP contribution in [0.5, 0.6) is 0 Å². The molecule has 1 heterocycles. The highest BCUT2D eigenvalue weighted by Gasteiger charge is 2.24. The molecule has 3 N–H and O–H groups in total. The fourth-order valence-corrected chi connectivity index (χ4v) is 3.26. The van der Waals surface area contributed by atoms with Gasteiger partial charge in [-0.1, -0.05) is 12.8 Å². The Morgan fingerprint density at radius 3 is 2.83 bits per heavy atom. The number of hydrogen-bond acceptors (Lipinski definition) is 3. The highest BCUT2D eigenvalue weighted by molar-refractivity contribution is 5.76. The predicted molar refractivity (Wildman–Crippen MR) is 71.0 cm³/mol. The van der Waals surface area contributed by atoms with Gasteiger partial charge in [-0.15, -0.1) is 0 Å². The van der Waals surface area contributed by atoms with Crippen molar-refractivity contribution < 1.29 is 9.90 Å². The summed E-state index contributed by atoms with van der Waals surface area (Å²) in [5.41, 5.74) is 5.96. The lowest BCUT2D eigenvalue weighted by atomic mass is 9.83. The summed E-state index contributed by atoms with van der Waals surface area (Å²) < 4.78 is 0. The Bertz CT molecular complexity index is 283. The van der Waals surface area contributed by atoms with Gasteiger partial charge >= 0.3 is 0 Å². The number of likely N-dealkylation sites (tertiary alicyclic amines) is 1. The van der Waals surface area contributed by atoms with Gasteiger partial charge in [0.15, 0.2) is 0 Å². The van der Waals surface area contributed by atoms with Gasteiger partial charge < -0.3 is 15.7 Å². The van der Waals surface area contributed by atoms with E-state index < -0.39 is 0 Å². The molecule has 4 nitrogen and oxygen atoms in total. The molecule has 0 spiro atoms. The molecule has 1 aliphatic heterocycles. The lowest BCUT2D eigenvalue weighted by Crippen LogP contribution is -2.42. The van der Waals surface area contributed by atoms with Gasteiger partial charge in [0.25, 0.3) is 0 Å². The molecule has 1 saturated heterocycles. The normalized spacial score (nSPS) is 33.4. The minimum absolute atomic E-state index is 0.216. The summed E-state index contributed by atoms with van der Waals surface area (Å²) in [6.45, 7) is 1.35. The molecule has 0 radical (unpaired) electrons. The highest BCUT2D eigenvalue weighted by atomic mass is 16.3. The first kappa shape index (κ1) is 13.8. The molecular weight excluding hydrogens is 228 g/mol. The first-order valence-corrected chi connectivity index (χ1v) is 7.36. The number of β-amino-alcohol motifs (C(OH)–C–C–N with tert-alkyl or cyclic N) is 1. The SMILES string of the molecule is NC1CCCC(CCC(=O)N2CCCC(O)C2)C1. The van der Waals surface area contributed by atoms with Gasteiger partial charge in [0.2, 0.25) is 5.91 Å². The van der Waals surface area contributed by atoms with Crippen molar-refractivity contribution in [3.63, 3.8) is 0 Å².